The molecule has 0 heterocycles. The van der Waals surface area contributed by atoms with Crippen LogP contribution in [0.4, 0.5) is 0 Å². The Bertz CT molecular complexity index is 1010. The molecule has 0 aromatic carbocycles. The molecule has 0 aromatic heterocycles. The number of hydrogen-bond donors (Lipinski definition) is 2. The van der Waals surface area contributed by atoms with E-state index in [0.29, 0.717) is 12.8 Å². The summed E-state index contributed by atoms with van der Waals surface area (Å²) in [5, 5.41) is 23.0. The Morgan fingerprint density at radius 2 is 1.86 bits per heavy atom. The van der Waals surface area contributed by atoms with Gasteiger partial charge in [0, 0.05) is 29.6 Å². The number of ether oxygens (including phenoxy) is 2. The van der Waals surface area contributed by atoms with Gasteiger partial charge in [0.1, 0.15) is 5.60 Å². The van der Waals surface area contributed by atoms with Crippen molar-refractivity contribution in [1.82, 2.24) is 0 Å². The number of allylic oxidation sites excluding steroid dienone is 4. The molecular formula is C30H42O7. The molecule has 0 radical (unpaired) electrons. The molecule has 5 rings (SSSR count). The Hall–Kier alpha value is -1.83. The predicted molar refractivity (Wildman–Crippen MR) is 136 cm³/mol. The van der Waals surface area contributed by atoms with E-state index in [2.05, 4.69) is 6.92 Å². The Kier molecular flexibility index (Phi) is 7.04. The van der Waals surface area contributed by atoms with Gasteiger partial charge in [-0.1, -0.05) is 44.8 Å². The van der Waals surface area contributed by atoms with Gasteiger partial charge in [-0.2, -0.15) is 0 Å². The van der Waals surface area contributed by atoms with E-state index < -0.39 is 41.4 Å². The molecule has 37 heavy (non-hydrogen) atoms. The van der Waals surface area contributed by atoms with Crippen molar-refractivity contribution < 1.29 is 34.1 Å². The van der Waals surface area contributed by atoms with Crippen LogP contribution in [0, 0.1) is 34.5 Å². The van der Waals surface area contributed by atoms with Crippen LogP contribution in [-0.2, 0) is 23.9 Å². The maximum atomic E-state index is 13.9. The van der Waals surface area contributed by atoms with Gasteiger partial charge in [0.25, 0.3) is 0 Å². The highest BCUT2D eigenvalue weighted by Crippen LogP contribution is 2.68. The second kappa shape index (κ2) is 9.73. The van der Waals surface area contributed by atoms with Crippen LogP contribution >= 0.6 is 0 Å². The number of aliphatic hydroxyl groups is 2. The smallest absolute Gasteiger partial charge is 0.303 e. The fourth-order valence-corrected chi connectivity index (χ4v) is 9.04. The van der Waals surface area contributed by atoms with E-state index in [-0.39, 0.29) is 35.2 Å². The van der Waals surface area contributed by atoms with Crippen LogP contribution in [0.25, 0.3) is 0 Å². The summed E-state index contributed by atoms with van der Waals surface area (Å²) in [4.78, 5) is 37.6. The molecule has 4 fully saturated rings. The van der Waals surface area contributed by atoms with Gasteiger partial charge in [-0.05, 0) is 68.9 Å². The number of rotatable bonds is 6. The molecule has 7 heteroatoms. The third-order valence-corrected chi connectivity index (χ3v) is 10.8. The molecule has 2 N–H and O–H groups in total. The summed E-state index contributed by atoms with van der Waals surface area (Å²) in [6.45, 7) is 5.05. The Morgan fingerprint density at radius 3 is 2.57 bits per heavy atom. The van der Waals surface area contributed by atoms with E-state index in [4.69, 9.17) is 9.47 Å². The fourth-order valence-electron chi connectivity index (χ4n) is 9.04. The third kappa shape index (κ3) is 4.25. The van der Waals surface area contributed by atoms with Crippen molar-refractivity contribution >= 4 is 17.5 Å². The molecule has 5 aliphatic carbocycles. The van der Waals surface area contributed by atoms with E-state index in [1.165, 1.54) is 6.92 Å². The van der Waals surface area contributed by atoms with Gasteiger partial charge in [-0.3, -0.25) is 14.4 Å². The highest BCUT2D eigenvalue weighted by molar-refractivity contribution is 6.01. The Balaban J connectivity index is 1.49. The molecule has 204 valence electrons. The third-order valence-electron chi connectivity index (χ3n) is 10.8. The number of aliphatic hydroxyl groups excluding tert-OH is 2. The van der Waals surface area contributed by atoms with Crippen molar-refractivity contribution in [2.45, 2.75) is 103 Å². The second-order valence-electron chi connectivity index (χ2n) is 12.7. The lowest BCUT2D eigenvalue weighted by Crippen LogP contribution is -2.63. The lowest BCUT2D eigenvalue weighted by molar-refractivity contribution is -0.255. The second-order valence-corrected chi connectivity index (χ2v) is 12.7. The summed E-state index contributed by atoms with van der Waals surface area (Å²) in [6.07, 6.45) is 11.6. The van der Waals surface area contributed by atoms with E-state index >= 15 is 0 Å². The highest BCUT2D eigenvalue weighted by Gasteiger charge is 2.69. The normalized spacial score (nSPS) is 42.3. The number of fused-ring (bicyclic) bond motifs is 5. The Labute approximate surface area is 219 Å². The standard InChI is InChI=1S/C30H42O7/c1-18(31)36-17-25(34)30(37-27(35)19-7-5-4-6-8-19)14-12-23-22-10-9-20-15-21(32)11-13-28(20,2)26(22)24(33)16-29(23,30)3/h11,13,15,19,22-24,26-27,33,35H,4-10,12,14,16-17H2,1-3H3/t22?,23?,24-,26?,27+,28-,29?,30-/m0/s1. The number of carbonyl (C=O) groups is 3. The van der Waals surface area contributed by atoms with Crippen LogP contribution in [0.2, 0.25) is 0 Å². The average Bonchev–Trinajstić information content (AvgIpc) is 3.15. The molecule has 0 aliphatic heterocycles. The van der Waals surface area contributed by atoms with Crippen molar-refractivity contribution in [1.29, 1.82) is 0 Å². The minimum atomic E-state index is -1.33. The van der Waals surface area contributed by atoms with Crippen molar-refractivity contribution in [2.24, 2.45) is 34.5 Å². The lowest BCUT2D eigenvalue weighted by atomic mass is 9.46. The molecule has 0 amide bonds. The van der Waals surface area contributed by atoms with Crippen LogP contribution in [0.5, 0.6) is 0 Å². The van der Waals surface area contributed by atoms with Crippen LogP contribution in [0.1, 0.15) is 85.0 Å². The van der Waals surface area contributed by atoms with Crippen molar-refractivity contribution in [3.8, 4) is 0 Å². The maximum absolute atomic E-state index is 13.9. The van der Waals surface area contributed by atoms with Gasteiger partial charge in [0.2, 0.25) is 5.78 Å². The quantitative estimate of drug-likeness (QED) is 0.406. The molecular weight excluding hydrogens is 472 g/mol. The SMILES string of the molecule is CC(=O)OCC(=O)[C@@]1(O[C@@H](O)C2CCCCC2)CCC2C3CCC4=CC(=O)C=C[C@]4(C)C3[C@@H](O)CC21C. The van der Waals surface area contributed by atoms with Gasteiger partial charge in [-0.15, -0.1) is 0 Å². The van der Waals surface area contributed by atoms with Gasteiger partial charge < -0.3 is 19.7 Å². The van der Waals surface area contributed by atoms with Crippen LogP contribution in [0.15, 0.2) is 23.8 Å². The molecule has 4 unspecified atom stereocenters. The molecule has 4 saturated carbocycles. The summed E-state index contributed by atoms with van der Waals surface area (Å²) in [5.74, 6) is -0.684. The van der Waals surface area contributed by atoms with Crippen LogP contribution < -0.4 is 0 Å². The fraction of sp³-hybridized carbons (Fsp3) is 0.767. The summed E-state index contributed by atoms with van der Waals surface area (Å²) in [5.41, 5.74) is -1.35. The van der Waals surface area contributed by atoms with E-state index in [0.717, 1.165) is 56.9 Å². The van der Waals surface area contributed by atoms with E-state index in [9.17, 15) is 24.6 Å². The largest absolute Gasteiger partial charge is 0.458 e. The first-order chi connectivity index (χ1) is 17.5. The molecule has 0 spiro atoms. The highest BCUT2D eigenvalue weighted by atomic mass is 16.6. The topological polar surface area (TPSA) is 110 Å². The van der Waals surface area contributed by atoms with Gasteiger partial charge in [-0.25, -0.2) is 0 Å². The zero-order valence-electron chi connectivity index (χ0n) is 22.4. The summed E-state index contributed by atoms with van der Waals surface area (Å²) < 4.78 is 11.7. The summed E-state index contributed by atoms with van der Waals surface area (Å²) >= 11 is 0. The molecule has 0 saturated heterocycles. The van der Waals surface area contributed by atoms with Gasteiger partial charge in [0.05, 0.1) is 6.10 Å². The number of carbonyl (C=O) groups excluding carboxylic acids is 3. The van der Waals surface area contributed by atoms with Crippen molar-refractivity contribution in [3.05, 3.63) is 23.8 Å². The summed E-state index contributed by atoms with van der Waals surface area (Å²) in [6, 6.07) is 0. The molecule has 0 aromatic rings. The first kappa shape index (κ1) is 26.8. The van der Waals surface area contributed by atoms with E-state index in [1.54, 1.807) is 12.2 Å². The minimum Gasteiger partial charge on any atom is -0.458 e. The van der Waals surface area contributed by atoms with Gasteiger partial charge in [0.15, 0.2) is 18.7 Å². The number of esters is 1. The zero-order valence-corrected chi connectivity index (χ0v) is 22.4. The number of Topliss-reactive ketones (excluding diaryl/α,β-unsaturated/α-hetero) is 1. The zero-order chi connectivity index (χ0) is 26.6. The van der Waals surface area contributed by atoms with Crippen LogP contribution in [0.3, 0.4) is 0 Å². The average molecular weight is 515 g/mol. The lowest BCUT2D eigenvalue weighted by Gasteiger charge is -2.60. The first-order valence-electron chi connectivity index (χ1n) is 14.2. The minimum absolute atomic E-state index is 0.00196. The van der Waals surface area contributed by atoms with Crippen molar-refractivity contribution in [3.63, 3.8) is 0 Å². The Morgan fingerprint density at radius 1 is 1.14 bits per heavy atom. The molecule has 7 nitrogen and oxygen atoms in total. The monoisotopic (exact) mass is 514 g/mol. The van der Waals surface area contributed by atoms with Crippen molar-refractivity contribution in [2.75, 3.05) is 6.61 Å². The molecule has 5 aliphatic rings. The van der Waals surface area contributed by atoms with Crippen LogP contribution in [-0.4, -0.2) is 52.4 Å². The molecule has 8 atom stereocenters. The predicted octanol–water partition coefficient (Wildman–Crippen LogP) is 4.05. The number of hydrogen-bond acceptors (Lipinski definition) is 7. The number of ketones is 2. The van der Waals surface area contributed by atoms with Gasteiger partial charge >= 0.3 is 5.97 Å². The maximum Gasteiger partial charge on any atom is 0.303 e. The first-order valence-corrected chi connectivity index (χ1v) is 14.2. The molecule has 0 bridgehead atoms. The van der Waals surface area contributed by atoms with E-state index in [1.807, 2.05) is 13.0 Å². The summed E-state index contributed by atoms with van der Waals surface area (Å²) in [7, 11) is 0.